The van der Waals surface area contributed by atoms with E-state index in [1.807, 2.05) is 42.6 Å². The van der Waals surface area contributed by atoms with Gasteiger partial charge < -0.3 is 24.4 Å². The average Bonchev–Trinajstić information content (AvgIpc) is 3.51. The maximum absolute atomic E-state index is 13.2. The predicted molar refractivity (Wildman–Crippen MR) is 125 cm³/mol. The molecule has 1 aromatic heterocycles. The molecule has 0 unspecified atom stereocenters. The van der Waals surface area contributed by atoms with Crippen molar-refractivity contribution >= 4 is 11.6 Å². The molecular weight excluding hydrogens is 420 g/mol. The summed E-state index contributed by atoms with van der Waals surface area (Å²) < 4.78 is 17.5. The Morgan fingerprint density at radius 2 is 2.15 bits per heavy atom. The standard InChI is InChI=1S/C25H28N4O4/c1-29-8-7-21(14-29)33-24-11-16(19-12-26-27-13-19)3-5-22(24)28-25(30)18-9-17-10-20(31-2)4-6-23(17)32-15-18/h3-6,10-13,18,21H,7-9,14-15H2,1-2H3,(H,26,27)(H,28,30)/t18-,21+/m0/s1. The molecule has 8 heteroatoms. The second-order valence-electron chi connectivity index (χ2n) is 8.66. The van der Waals surface area contributed by atoms with Gasteiger partial charge in [0.15, 0.2) is 0 Å². The van der Waals surface area contributed by atoms with Crippen molar-refractivity contribution in [3.8, 4) is 28.4 Å². The van der Waals surface area contributed by atoms with E-state index >= 15 is 0 Å². The lowest BCUT2D eigenvalue weighted by Crippen LogP contribution is -2.33. The molecule has 5 rings (SSSR count). The van der Waals surface area contributed by atoms with Gasteiger partial charge in [-0.05, 0) is 61.3 Å². The molecule has 2 N–H and O–H groups in total. The molecule has 2 aliphatic heterocycles. The van der Waals surface area contributed by atoms with Crippen LogP contribution in [0.25, 0.3) is 11.1 Å². The number of likely N-dealkylation sites (N-methyl/N-ethyl adjacent to an activating group) is 1. The maximum Gasteiger partial charge on any atom is 0.231 e. The van der Waals surface area contributed by atoms with Crippen LogP contribution in [0, 0.1) is 5.92 Å². The van der Waals surface area contributed by atoms with Crippen LogP contribution < -0.4 is 19.5 Å². The monoisotopic (exact) mass is 448 g/mol. The Morgan fingerprint density at radius 3 is 2.91 bits per heavy atom. The summed E-state index contributed by atoms with van der Waals surface area (Å²) in [6.45, 7) is 2.19. The molecular formula is C25H28N4O4. The summed E-state index contributed by atoms with van der Waals surface area (Å²) >= 11 is 0. The smallest absolute Gasteiger partial charge is 0.231 e. The van der Waals surface area contributed by atoms with E-state index in [1.165, 1.54) is 0 Å². The van der Waals surface area contributed by atoms with Gasteiger partial charge in [-0.1, -0.05) is 6.07 Å². The van der Waals surface area contributed by atoms with Gasteiger partial charge in [-0.3, -0.25) is 9.89 Å². The van der Waals surface area contributed by atoms with E-state index in [2.05, 4.69) is 27.5 Å². The van der Waals surface area contributed by atoms with E-state index in [0.29, 0.717) is 24.5 Å². The summed E-state index contributed by atoms with van der Waals surface area (Å²) in [5, 5.41) is 9.97. The molecule has 0 spiro atoms. The maximum atomic E-state index is 13.2. The number of nitrogens with one attached hydrogen (secondary N) is 2. The number of methoxy groups -OCH3 is 1. The normalized spacial score (nSPS) is 20.1. The number of nitrogens with zero attached hydrogens (tertiary/aromatic N) is 2. The Balaban J connectivity index is 1.36. The first-order valence-corrected chi connectivity index (χ1v) is 11.2. The Hall–Kier alpha value is -3.52. The molecule has 0 bridgehead atoms. The Bertz CT molecular complexity index is 1130. The Kier molecular flexibility index (Phi) is 5.92. The van der Waals surface area contributed by atoms with Gasteiger partial charge in [0.1, 0.15) is 30.0 Å². The largest absolute Gasteiger partial charge is 0.497 e. The lowest BCUT2D eigenvalue weighted by atomic mass is 9.95. The second-order valence-corrected chi connectivity index (χ2v) is 8.66. The third kappa shape index (κ3) is 4.66. The van der Waals surface area contributed by atoms with Crippen LogP contribution in [-0.4, -0.2) is 61.0 Å². The van der Waals surface area contributed by atoms with E-state index in [9.17, 15) is 4.79 Å². The van der Waals surface area contributed by atoms with Crippen LogP contribution >= 0.6 is 0 Å². The first-order chi connectivity index (χ1) is 16.1. The van der Waals surface area contributed by atoms with Gasteiger partial charge in [-0.2, -0.15) is 5.10 Å². The van der Waals surface area contributed by atoms with E-state index in [4.69, 9.17) is 14.2 Å². The van der Waals surface area contributed by atoms with Crippen molar-refractivity contribution in [1.82, 2.24) is 15.1 Å². The van der Waals surface area contributed by atoms with Crippen molar-refractivity contribution in [1.29, 1.82) is 0 Å². The fraction of sp³-hybridized carbons (Fsp3) is 0.360. The minimum Gasteiger partial charge on any atom is -0.497 e. The molecule has 8 nitrogen and oxygen atoms in total. The molecule has 33 heavy (non-hydrogen) atoms. The summed E-state index contributed by atoms with van der Waals surface area (Å²) in [5.41, 5.74) is 3.58. The molecule has 1 fully saturated rings. The van der Waals surface area contributed by atoms with Crippen LogP contribution in [0.15, 0.2) is 48.8 Å². The zero-order valence-corrected chi connectivity index (χ0v) is 18.8. The van der Waals surface area contributed by atoms with Gasteiger partial charge in [-0.25, -0.2) is 0 Å². The summed E-state index contributed by atoms with van der Waals surface area (Å²) in [6, 6.07) is 11.5. The molecule has 2 aliphatic rings. The van der Waals surface area contributed by atoms with Crippen molar-refractivity contribution in [3.63, 3.8) is 0 Å². The highest BCUT2D eigenvalue weighted by Crippen LogP contribution is 2.35. The number of anilines is 1. The fourth-order valence-electron chi connectivity index (χ4n) is 4.38. The fourth-order valence-corrected chi connectivity index (χ4v) is 4.38. The lowest BCUT2D eigenvalue weighted by molar-refractivity contribution is -0.121. The molecule has 0 saturated carbocycles. The molecule has 3 heterocycles. The number of H-pyrrole nitrogens is 1. The second kappa shape index (κ2) is 9.15. The van der Waals surface area contributed by atoms with Crippen LogP contribution in [0.4, 0.5) is 5.69 Å². The van der Waals surface area contributed by atoms with Gasteiger partial charge >= 0.3 is 0 Å². The van der Waals surface area contributed by atoms with Crippen molar-refractivity contribution in [2.24, 2.45) is 5.92 Å². The molecule has 1 amide bonds. The molecule has 2 atom stereocenters. The lowest BCUT2D eigenvalue weighted by Gasteiger charge is -2.25. The van der Waals surface area contributed by atoms with Crippen molar-refractivity contribution in [2.75, 3.05) is 39.2 Å². The third-order valence-corrected chi connectivity index (χ3v) is 6.26. The van der Waals surface area contributed by atoms with E-state index < -0.39 is 0 Å². The van der Waals surface area contributed by atoms with E-state index in [1.54, 1.807) is 13.3 Å². The quantitative estimate of drug-likeness (QED) is 0.601. The minimum absolute atomic E-state index is 0.0857. The highest BCUT2D eigenvalue weighted by molar-refractivity contribution is 5.95. The number of ether oxygens (including phenoxy) is 3. The summed E-state index contributed by atoms with van der Waals surface area (Å²) in [4.78, 5) is 15.4. The highest BCUT2D eigenvalue weighted by atomic mass is 16.5. The average molecular weight is 449 g/mol. The number of aromatic nitrogens is 2. The van der Waals surface area contributed by atoms with Crippen molar-refractivity contribution in [3.05, 3.63) is 54.4 Å². The van der Waals surface area contributed by atoms with Crippen molar-refractivity contribution < 1.29 is 19.0 Å². The number of hydrogen-bond donors (Lipinski definition) is 2. The minimum atomic E-state index is -0.302. The molecule has 3 aromatic rings. The van der Waals surface area contributed by atoms with Crippen LogP contribution in [0.1, 0.15) is 12.0 Å². The number of benzene rings is 2. The summed E-state index contributed by atoms with van der Waals surface area (Å²) in [6.07, 6.45) is 5.24. The molecule has 0 aliphatic carbocycles. The Morgan fingerprint density at radius 1 is 1.24 bits per heavy atom. The van der Waals surface area contributed by atoms with Crippen LogP contribution in [-0.2, 0) is 11.2 Å². The first-order valence-electron chi connectivity index (χ1n) is 11.2. The highest BCUT2D eigenvalue weighted by Gasteiger charge is 2.28. The van der Waals surface area contributed by atoms with Gasteiger partial charge in [0.2, 0.25) is 5.91 Å². The number of fused-ring (bicyclic) bond motifs is 1. The van der Waals surface area contributed by atoms with Crippen molar-refractivity contribution in [2.45, 2.75) is 18.9 Å². The topological polar surface area (TPSA) is 88.7 Å². The van der Waals surface area contributed by atoms with Gasteiger partial charge in [0.25, 0.3) is 0 Å². The Labute approximate surface area is 192 Å². The van der Waals surface area contributed by atoms with Crippen LogP contribution in [0.2, 0.25) is 0 Å². The number of amides is 1. The van der Waals surface area contributed by atoms with Gasteiger partial charge in [0.05, 0.1) is 24.9 Å². The number of aromatic amines is 1. The number of rotatable bonds is 6. The molecule has 172 valence electrons. The number of carbonyl (C=O) groups is 1. The molecule has 2 aromatic carbocycles. The predicted octanol–water partition coefficient (Wildman–Crippen LogP) is 3.36. The molecule has 1 saturated heterocycles. The number of hydrogen-bond acceptors (Lipinski definition) is 6. The van der Waals surface area contributed by atoms with Gasteiger partial charge in [-0.15, -0.1) is 0 Å². The summed E-state index contributed by atoms with van der Waals surface area (Å²) in [5.74, 6) is 1.84. The zero-order valence-electron chi connectivity index (χ0n) is 18.8. The SMILES string of the molecule is COc1ccc2c(c1)C[C@H](C(=O)Nc1ccc(-c3cn[nH]c3)cc1O[C@@H]1CCN(C)C1)CO2. The molecule has 0 radical (unpaired) electrons. The van der Waals surface area contributed by atoms with Crippen LogP contribution in [0.3, 0.4) is 0 Å². The number of likely N-dealkylation sites (tertiary alicyclic amines) is 1. The van der Waals surface area contributed by atoms with E-state index in [0.717, 1.165) is 47.7 Å². The van der Waals surface area contributed by atoms with E-state index in [-0.39, 0.29) is 17.9 Å². The first kappa shape index (κ1) is 21.3. The summed E-state index contributed by atoms with van der Waals surface area (Å²) in [7, 11) is 3.72. The number of carbonyl (C=O) groups excluding carboxylic acids is 1. The van der Waals surface area contributed by atoms with Crippen LogP contribution in [0.5, 0.6) is 17.2 Å². The third-order valence-electron chi connectivity index (χ3n) is 6.26. The zero-order chi connectivity index (χ0) is 22.8. The van der Waals surface area contributed by atoms with Gasteiger partial charge in [0, 0.05) is 24.8 Å².